The maximum Gasteiger partial charge on any atom is 0.264 e. The first-order chi connectivity index (χ1) is 13.6. The minimum atomic E-state index is -3.91. The molecule has 1 amide bonds. The molecule has 1 aliphatic rings. The van der Waals surface area contributed by atoms with Crippen LogP contribution in [0.2, 0.25) is 5.02 Å². The van der Waals surface area contributed by atoms with Crippen LogP contribution in [0.5, 0.6) is 5.75 Å². The number of hydrogen-bond donors (Lipinski definition) is 1. The van der Waals surface area contributed by atoms with E-state index in [0.29, 0.717) is 16.5 Å². The number of benzene rings is 2. The standard InChI is InChI=1S/C21H25ClN2O4S/c1-13(2)15(4)23-21(25)20-12-24(18-11-16(22)7-10-19(18)28-20)29(26,27)17-8-5-14(3)6-9-17/h5-11,13,15,20H,12H2,1-4H3,(H,23,25)/t15-,20-/m1/s1. The molecule has 8 heteroatoms. The quantitative estimate of drug-likeness (QED) is 0.774. The van der Waals surface area contributed by atoms with Gasteiger partial charge in [-0.1, -0.05) is 43.1 Å². The van der Waals surface area contributed by atoms with Crippen molar-refractivity contribution in [1.29, 1.82) is 0 Å². The van der Waals surface area contributed by atoms with Crippen LogP contribution in [0.15, 0.2) is 47.4 Å². The third-order valence-corrected chi connectivity index (χ3v) is 7.09. The highest BCUT2D eigenvalue weighted by atomic mass is 35.5. The summed E-state index contributed by atoms with van der Waals surface area (Å²) < 4.78 is 33.8. The van der Waals surface area contributed by atoms with Gasteiger partial charge in [-0.3, -0.25) is 9.10 Å². The van der Waals surface area contributed by atoms with Crippen molar-refractivity contribution in [3.8, 4) is 5.75 Å². The molecule has 0 bridgehead atoms. The number of halogens is 1. The van der Waals surface area contributed by atoms with Gasteiger partial charge in [0.15, 0.2) is 6.10 Å². The predicted octanol–water partition coefficient (Wildman–Crippen LogP) is 3.77. The number of carbonyl (C=O) groups excluding carboxylic acids is 1. The first-order valence-corrected chi connectivity index (χ1v) is 11.3. The van der Waals surface area contributed by atoms with Gasteiger partial charge in [-0.15, -0.1) is 0 Å². The van der Waals surface area contributed by atoms with Crippen LogP contribution in [0, 0.1) is 12.8 Å². The third kappa shape index (κ3) is 4.51. The van der Waals surface area contributed by atoms with Crippen LogP contribution < -0.4 is 14.4 Å². The Bertz CT molecular complexity index is 1010. The number of anilines is 1. The number of rotatable bonds is 5. The van der Waals surface area contributed by atoms with Crippen molar-refractivity contribution in [2.45, 2.75) is 44.7 Å². The molecule has 156 valence electrons. The summed E-state index contributed by atoms with van der Waals surface area (Å²) in [7, 11) is -3.91. The van der Waals surface area contributed by atoms with E-state index in [1.165, 1.54) is 10.4 Å². The van der Waals surface area contributed by atoms with Crippen molar-refractivity contribution in [2.24, 2.45) is 5.92 Å². The number of nitrogens with zero attached hydrogens (tertiary/aromatic N) is 1. The average molecular weight is 437 g/mol. The lowest BCUT2D eigenvalue weighted by Gasteiger charge is -2.35. The lowest BCUT2D eigenvalue weighted by atomic mass is 10.1. The fourth-order valence-corrected chi connectivity index (χ4v) is 4.54. The van der Waals surface area contributed by atoms with Gasteiger partial charge in [-0.25, -0.2) is 8.42 Å². The molecule has 1 N–H and O–H groups in total. The molecule has 3 rings (SSSR count). The zero-order valence-corrected chi connectivity index (χ0v) is 18.4. The Labute approximate surface area is 176 Å². The lowest BCUT2D eigenvalue weighted by molar-refractivity contribution is -0.128. The van der Waals surface area contributed by atoms with Gasteiger partial charge in [0.05, 0.1) is 17.1 Å². The van der Waals surface area contributed by atoms with Crippen molar-refractivity contribution in [1.82, 2.24) is 5.32 Å². The predicted molar refractivity (Wildman–Crippen MR) is 114 cm³/mol. The fraction of sp³-hybridized carbons (Fsp3) is 0.381. The Balaban J connectivity index is 1.99. The number of aryl methyl sites for hydroxylation is 1. The largest absolute Gasteiger partial charge is 0.476 e. The van der Waals surface area contributed by atoms with Crippen LogP contribution >= 0.6 is 11.6 Å². The Kier molecular flexibility index (Phi) is 6.10. The first kappa shape index (κ1) is 21.5. The van der Waals surface area contributed by atoms with Crippen LogP contribution in [0.25, 0.3) is 0 Å². The van der Waals surface area contributed by atoms with Gasteiger partial charge in [0.25, 0.3) is 15.9 Å². The maximum atomic E-state index is 13.4. The number of carbonyl (C=O) groups is 1. The first-order valence-electron chi connectivity index (χ1n) is 9.45. The Morgan fingerprint density at radius 2 is 1.83 bits per heavy atom. The zero-order chi connectivity index (χ0) is 21.3. The fourth-order valence-electron chi connectivity index (χ4n) is 2.91. The van der Waals surface area contributed by atoms with Gasteiger partial charge in [0.2, 0.25) is 0 Å². The zero-order valence-electron chi connectivity index (χ0n) is 16.8. The molecule has 0 aliphatic carbocycles. The summed E-state index contributed by atoms with van der Waals surface area (Å²) in [4.78, 5) is 12.9. The van der Waals surface area contributed by atoms with Crippen molar-refractivity contribution in [3.05, 3.63) is 53.1 Å². The SMILES string of the molecule is Cc1ccc(S(=O)(=O)N2C[C@H](C(=O)N[C@H](C)C(C)C)Oc3ccc(Cl)cc32)cc1. The van der Waals surface area contributed by atoms with Gasteiger partial charge in [-0.05, 0) is 50.1 Å². The minimum absolute atomic E-state index is 0.0696. The lowest BCUT2D eigenvalue weighted by Crippen LogP contribution is -2.52. The summed E-state index contributed by atoms with van der Waals surface area (Å²) in [6.07, 6.45) is -0.968. The molecule has 1 heterocycles. The van der Waals surface area contributed by atoms with Crippen LogP contribution in [-0.2, 0) is 14.8 Å². The van der Waals surface area contributed by atoms with E-state index >= 15 is 0 Å². The number of sulfonamides is 1. The van der Waals surface area contributed by atoms with Gasteiger partial charge in [-0.2, -0.15) is 0 Å². The van der Waals surface area contributed by atoms with E-state index in [4.69, 9.17) is 16.3 Å². The van der Waals surface area contributed by atoms with Gasteiger partial charge in [0, 0.05) is 11.1 Å². The third-order valence-electron chi connectivity index (χ3n) is 5.06. The van der Waals surface area contributed by atoms with Gasteiger partial charge < -0.3 is 10.1 Å². The molecular formula is C21H25ClN2O4S. The number of hydrogen-bond acceptors (Lipinski definition) is 4. The Morgan fingerprint density at radius 3 is 2.45 bits per heavy atom. The molecule has 0 fully saturated rings. The number of amides is 1. The molecule has 1 aliphatic heterocycles. The van der Waals surface area contributed by atoms with E-state index in [1.807, 2.05) is 27.7 Å². The number of ether oxygens (including phenoxy) is 1. The average Bonchev–Trinajstić information content (AvgIpc) is 2.67. The second kappa shape index (κ2) is 8.24. The maximum absolute atomic E-state index is 13.4. The summed E-state index contributed by atoms with van der Waals surface area (Å²) in [6, 6.07) is 11.2. The highest BCUT2D eigenvalue weighted by Gasteiger charge is 2.38. The molecule has 0 aromatic heterocycles. The molecule has 29 heavy (non-hydrogen) atoms. The van der Waals surface area contributed by atoms with E-state index < -0.39 is 16.1 Å². The molecule has 2 aromatic rings. The molecule has 2 atom stereocenters. The van der Waals surface area contributed by atoms with Crippen LogP contribution in [0.4, 0.5) is 5.69 Å². The van der Waals surface area contributed by atoms with Crippen LogP contribution in [0.3, 0.4) is 0 Å². The van der Waals surface area contributed by atoms with E-state index in [0.717, 1.165) is 5.56 Å². The molecule has 0 saturated heterocycles. The highest BCUT2D eigenvalue weighted by Crippen LogP contribution is 2.38. The Hall–Kier alpha value is -2.25. The molecule has 2 aromatic carbocycles. The number of fused-ring (bicyclic) bond motifs is 1. The summed E-state index contributed by atoms with van der Waals surface area (Å²) >= 11 is 6.11. The van der Waals surface area contributed by atoms with Crippen LogP contribution in [0.1, 0.15) is 26.3 Å². The monoisotopic (exact) mass is 436 g/mol. The van der Waals surface area contributed by atoms with Crippen molar-refractivity contribution < 1.29 is 17.9 Å². The number of nitrogens with one attached hydrogen (secondary N) is 1. The molecule has 0 unspecified atom stereocenters. The topological polar surface area (TPSA) is 75.7 Å². The minimum Gasteiger partial charge on any atom is -0.476 e. The van der Waals surface area contributed by atoms with Gasteiger partial charge >= 0.3 is 0 Å². The summed E-state index contributed by atoms with van der Waals surface area (Å²) in [5.74, 6) is 0.186. The molecule has 6 nitrogen and oxygen atoms in total. The molecule has 0 saturated carbocycles. The molecular weight excluding hydrogens is 412 g/mol. The summed E-state index contributed by atoms with van der Waals surface area (Å²) in [5, 5.41) is 3.28. The van der Waals surface area contributed by atoms with E-state index in [1.54, 1.807) is 36.4 Å². The molecule has 0 radical (unpaired) electrons. The normalized spacial score (nSPS) is 17.4. The summed E-state index contributed by atoms with van der Waals surface area (Å²) in [5.41, 5.74) is 1.27. The van der Waals surface area contributed by atoms with E-state index in [-0.39, 0.29) is 29.3 Å². The highest BCUT2D eigenvalue weighted by molar-refractivity contribution is 7.92. The van der Waals surface area contributed by atoms with E-state index in [2.05, 4.69) is 5.32 Å². The van der Waals surface area contributed by atoms with E-state index in [9.17, 15) is 13.2 Å². The second-order valence-corrected chi connectivity index (χ2v) is 9.91. The van der Waals surface area contributed by atoms with Gasteiger partial charge in [0.1, 0.15) is 5.75 Å². The smallest absolute Gasteiger partial charge is 0.264 e. The van der Waals surface area contributed by atoms with Crippen molar-refractivity contribution in [3.63, 3.8) is 0 Å². The van der Waals surface area contributed by atoms with Crippen molar-refractivity contribution in [2.75, 3.05) is 10.8 Å². The van der Waals surface area contributed by atoms with Crippen molar-refractivity contribution >= 4 is 33.2 Å². The molecule has 0 spiro atoms. The Morgan fingerprint density at radius 1 is 1.17 bits per heavy atom. The second-order valence-electron chi connectivity index (χ2n) is 7.61. The summed E-state index contributed by atoms with van der Waals surface area (Å²) in [6.45, 7) is 7.65. The van der Waals surface area contributed by atoms with Crippen LogP contribution in [-0.4, -0.2) is 33.0 Å².